The molecule has 0 saturated heterocycles. The van der Waals surface area contributed by atoms with Crippen molar-refractivity contribution in [3.05, 3.63) is 130 Å². The molecule has 0 saturated carbocycles. The van der Waals surface area contributed by atoms with E-state index in [1.54, 1.807) is 4.57 Å². The minimum Gasteiger partial charge on any atom is -0.488 e. The van der Waals surface area contributed by atoms with Gasteiger partial charge in [0.05, 0.1) is 33.4 Å². The van der Waals surface area contributed by atoms with Crippen molar-refractivity contribution in [2.24, 2.45) is 4.99 Å². The molecular formula is C31H27BrN2O4S. The zero-order chi connectivity index (χ0) is 27.5. The van der Waals surface area contributed by atoms with Crippen molar-refractivity contribution < 1.29 is 14.3 Å². The zero-order valence-corrected chi connectivity index (χ0v) is 24.2. The summed E-state index contributed by atoms with van der Waals surface area (Å²) in [5.74, 6) is 0.234. The molecule has 6 nitrogen and oxygen atoms in total. The number of thiazole rings is 1. The Morgan fingerprint density at radius 2 is 1.85 bits per heavy atom. The van der Waals surface area contributed by atoms with Crippen LogP contribution in [0.4, 0.5) is 0 Å². The van der Waals surface area contributed by atoms with Gasteiger partial charge >= 0.3 is 5.97 Å². The van der Waals surface area contributed by atoms with Crippen LogP contribution in [0.2, 0.25) is 0 Å². The minimum absolute atomic E-state index is 0.208. The summed E-state index contributed by atoms with van der Waals surface area (Å²) in [6, 6.07) is 22.9. The van der Waals surface area contributed by atoms with Crippen molar-refractivity contribution in [2.45, 2.75) is 32.9 Å². The van der Waals surface area contributed by atoms with E-state index in [-0.39, 0.29) is 5.56 Å². The fourth-order valence-electron chi connectivity index (χ4n) is 4.54. The molecule has 39 heavy (non-hydrogen) atoms. The van der Waals surface area contributed by atoms with Crippen LogP contribution in [0.15, 0.2) is 98.3 Å². The first-order valence-corrected chi connectivity index (χ1v) is 14.2. The summed E-state index contributed by atoms with van der Waals surface area (Å²) in [5.41, 5.74) is 4.77. The van der Waals surface area contributed by atoms with Crippen molar-refractivity contribution in [2.75, 3.05) is 7.11 Å². The van der Waals surface area contributed by atoms with Crippen LogP contribution < -0.4 is 19.6 Å². The van der Waals surface area contributed by atoms with Crippen LogP contribution in [0, 0.1) is 6.92 Å². The van der Waals surface area contributed by atoms with Crippen molar-refractivity contribution in [1.29, 1.82) is 0 Å². The van der Waals surface area contributed by atoms with Crippen molar-refractivity contribution in [3.8, 4) is 5.75 Å². The number of hydrogen-bond acceptors (Lipinski definition) is 6. The Labute approximate surface area is 238 Å². The van der Waals surface area contributed by atoms with Crippen molar-refractivity contribution in [1.82, 2.24) is 4.57 Å². The minimum atomic E-state index is -0.615. The summed E-state index contributed by atoms with van der Waals surface area (Å²) in [5, 5.41) is 0. The highest BCUT2D eigenvalue weighted by Crippen LogP contribution is 2.32. The van der Waals surface area contributed by atoms with Gasteiger partial charge < -0.3 is 9.47 Å². The molecule has 1 aliphatic rings. The number of benzene rings is 3. The fraction of sp³-hybridized carbons (Fsp3) is 0.194. The zero-order valence-electron chi connectivity index (χ0n) is 21.8. The average molecular weight is 604 g/mol. The molecule has 4 aromatic rings. The summed E-state index contributed by atoms with van der Waals surface area (Å²) in [4.78, 5) is 31.9. The Balaban J connectivity index is 1.53. The number of rotatable bonds is 7. The largest absolute Gasteiger partial charge is 0.488 e. The van der Waals surface area contributed by atoms with Gasteiger partial charge in [-0.25, -0.2) is 9.79 Å². The summed E-state index contributed by atoms with van der Waals surface area (Å²) in [6.07, 6.45) is 2.38. The summed E-state index contributed by atoms with van der Waals surface area (Å²) in [6.45, 7) is 4.45. The molecule has 0 bridgehead atoms. The Kier molecular flexibility index (Phi) is 7.95. The Hall–Kier alpha value is -3.75. The molecule has 198 valence electrons. The van der Waals surface area contributed by atoms with E-state index in [0.717, 1.165) is 21.2 Å². The van der Waals surface area contributed by atoms with E-state index in [2.05, 4.69) is 47.1 Å². The third-order valence-electron chi connectivity index (χ3n) is 6.53. The van der Waals surface area contributed by atoms with Crippen LogP contribution in [0.25, 0.3) is 6.08 Å². The number of methoxy groups -OCH3 is 1. The SMILES string of the molecule is CCC1=C(C(=O)OC)[C@@H](c2ccccc2)n2c(s/c(=C\c3ccc(OCc4ccc(C)cc4)c(Br)c3)c2=O)=N1. The van der Waals surface area contributed by atoms with Gasteiger partial charge in [-0.05, 0) is 64.2 Å². The lowest BCUT2D eigenvalue weighted by Gasteiger charge is -2.25. The highest BCUT2D eigenvalue weighted by Gasteiger charge is 2.33. The molecule has 0 N–H and O–H groups in total. The summed E-state index contributed by atoms with van der Waals surface area (Å²) in [7, 11) is 1.35. The quantitative estimate of drug-likeness (QED) is 0.264. The van der Waals surface area contributed by atoms with E-state index in [0.29, 0.717) is 39.4 Å². The maximum atomic E-state index is 13.8. The number of aryl methyl sites for hydroxylation is 1. The van der Waals surface area contributed by atoms with E-state index >= 15 is 0 Å². The number of nitrogens with zero attached hydrogens (tertiary/aromatic N) is 2. The molecule has 1 atom stereocenters. The molecule has 1 aliphatic heterocycles. The molecule has 0 spiro atoms. The Bertz CT molecular complexity index is 1740. The molecule has 3 aromatic carbocycles. The third-order valence-corrected chi connectivity index (χ3v) is 8.14. The molecule has 0 amide bonds. The number of hydrogen-bond donors (Lipinski definition) is 0. The topological polar surface area (TPSA) is 69.9 Å². The number of halogens is 1. The lowest BCUT2D eigenvalue weighted by molar-refractivity contribution is -0.136. The molecule has 0 aliphatic carbocycles. The van der Waals surface area contributed by atoms with Crippen molar-refractivity contribution in [3.63, 3.8) is 0 Å². The van der Waals surface area contributed by atoms with Gasteiger partial charge in [0.2, 0.25) is 0 Å². The van der Waals surface area contributed by atoms with E-state index in [1.807, 2.05) is 61.5 Å². The van der Waals surface area contributed by atoms with Crippen LogP contribution in [0.5, 0.6) is 5.75 Å². The molecule has 1 aromatic heterocycles. The fourth-order valence-corrected chi connectivity index (χ4v) is 6.07. The molecule has 2 heterocycles. The average Bonchev–Trinajstić information content (AvgIpc) is 3.26. The van der Waals surface area contributed by atoms with Gasteiger partial charge in [-0.3, -0.25) is 9.36 Å². The first-order chi connectivity index (χ1) is 18.9. The number of ether oxygens (including phenoxy) is 2. The number of fused-ring (bicyclic) bond motifs is 1. The van der Waals surface area contributed by atoms with Crippen molar-refractivity contribution >= 4 is 39.3 Å². The monoisotopic (exact) mass is 602 g/mol. The molecule has 0 unspecified atom stereocenters. The molecule has 5 rings (SSSR count). The second-order valence-electron chi connectivity index (χ2n) is 9.16. The van der Waals surface area contributed by atoms with Gasteiger partial charge in [-0.1, -0.05) is 84.5 Å². The summed E-state index contributed by atoms with van der Waals surface area (Å²) < 4.78 is 14.0. The smallest absolute Gasteiger partial charge is 0.338 e. The number of allylic oxidation sites excluding steroid dienone is 1. The normalized spacial score (nSPS) is 15.1. The maximum Gasteiger partial charge on any atom is 0.338 e. The second-order valence-corrected chi connectivity index (χ2v) is 11.0. The number of carbonyl (C=O) groups excluding carboxylic acids is 1. The van der Waals surface area contributed by atoms with Gasteiger partial charge in [0.15, 0.2) is 4.80 Å². The van der Waals surface area contributed by atoms with Gasteiger partial charge in [-0.15, -0.1) is 0 Å². The van der Waals surface area contributed by atoms with Gasteiger partial charge in [-0.2, -0.15) is 0 Å². The lowest BCUT2D eigenvalue weighted by Crippen LogP contribution is -2.40. The second kappa shape index (κ2) is 11.6. The molecule has 0 radical (unpaired) electrons. The Morgan fingerprint density at radius 3 is 2.51 bits per heavy atom. The van der Waals surface area contributed by atoms with Crippen LogP contribution in [0.3, 0.4) is 0 Å². The van der Waals surface area contributed by atoms with Gasteiger partial charge in [0.1, 0.15) is 12.4 Å². The lowest BCUT2D eigenvalue weighted by atomic mass is 9.95. The van der Waals surface area contributed by atoms with Crippen LogP contribution >= 0.6 is 27.3 Å². The number of esters is 1. The molecule has 8 heteroatoms. The first kappa shape index (κ1) is 26.8. The number of aromatic nitrogens is 1. The highest BCUT2D eigenvalue weighted by atomic mass is 79.9. The van der Waals surface area contributed by atoms with E-state index in [1.165, 1.54) is 24.0 Å². The van der Waals surface area contributed by atoms with Crippen LogP contribution in [0.1, 0.15) is 41.6 Å². The standard InChI is InChI=1S/C31H27BrN2O4S/c1-4-24-27(30(36)37-3)28(22-8-6-5-7-9-22)34-29(35)26(39-31(34)33-24)17-21-14-15-25(23(32)16-21)38-18-20-12-10-19(2)11-13-20/h5-17,28H,4,18H2,1-3H3/b26-17-/t28-/m1/s1. The summed E-state index contributed by atoms with van der Waals surface area (Å²) >= 11 is 4.92. The predicted octanol–water partition coefficient (Wildman–Crippen LogP) is 5.45. The highest BCUT2D eigenvalue weighted by molar-refractivity contribution is 9.10. The van der Waals surface area contributed by atoms with E-state index in [9.17, 15) is 9.59 Å². The third kappa shape index (κ3) is 5.53. The van der Waals surface area contributed by atoms with Crippen LogP contribution in [-0.4, -0.2) is 17.6 Å². The number of carbonyl (C=O) groups is 1. The Morgan fingerprint density at radius 1 is 1.10 bits per heavy atom. The first-order valence-electron chi connectivity index (χ1n) is 12.6. The molecule has 0 fully saturated rings. The van der Waals surface area contributed by atoms with Gasteiger partial charge in [0, 0.05) is 0 Å². The predicted molar refractivity (Wildman–Crippen MR) is 156 cm³/mol. The molecular weight excluding hydrogens is 576 g/mol. The van der Waals surface area contributed by atoms with Gasteiger partial charge in [0.25, 0.3) is 5.56 Å². The van der Waals surface area contributed by atoms with E-state index in [4.69, 9.17) is 14.5 Å². The maximum absolute atomic E-state index is 13.8. The van der Waals surface area contributed by atoms with E-state index < -0.39 is 12.0 Å². The van der Waals surface area contributed by atoms with Crippen LogP contribution in [-0.2, 0) is 16.1 Å².